The lowest BCUT2D eigenvalue weighted by Crippen LogP contribution is -2.14. The molecule has 0 heterocycles. The molecule has 0 saturated carbocycles. The van der Waals surface area contributed by atoms with E-state index in [4.69, 9.17) is 9.84 Å². The van der Waals surface area contributed by atoms with Gasteiger partial charge in [-0.1, -0.05) is 26.2 Å². The summed E-state index contributed by atoms with van der Waals surface area (Å²) < 4.78 is 5.32. The molecule has 0 fully saturated rings. The van der Waals surface area contributed by atoms with E-state index in [0.29, 0.717) is 6.61 Å². The van der Waals surface area contributed by atoms with E-state index in [-0.39, 0.29) is 12.5 Å². The Balaban J connectivity index is 3.17. The summed E-state index contributed by atoms with van der Waals surface area (Å²) in [5, 5.41) is 8.44. The highest BCUT2D eigenvalue weighted by Crippen LogP contribution is 2.02. The van der Waals surface area contributed by atoms with Gasteiger partial charge < -0.3 is 9.84 Å². The minimum Gasteiger partial charge on any atom is -0.481 e. The molecule has 1 unspecified atom stereocenters. The molecule has 0 aliphatic carbocycles. The predicted octanol–water partition coefficient (Wildman–Crippen LogP) is 2.45. The first-order valence-corrected chi connectivity index (χ1v) is 5.00. The first-order chi connectivity index (χ1) is 6.16. The monoisotopic (exact) mass is 188 g/mol. The topological polar surface area (TPSA) is 46.5 Å². The van der Waals surface area contributed by atoms with Crippen LogP contribution in [0.3, 0.4) is 0 Å². The highest BCUT2D eigenvalue weighted by Gasteiger charge is 2.06. The number of hydrogen-bond acceptors (Lipinski definition) is 2. The number of hydrogen-bond donors (Lipinski definition) is 1. The van der Waals surface area contributed by atoms with Crippen LogP contribution in [-0.2, 0) is 9.53 Å². The molecular weight excluding hydrogens is 168 g/mol. The largest absolute Gasteiger partial charge is 0.481 e. The average Bonchev–Trinajstić information content (AvgIpc) is 2.02. The lowest BCUT2D eigenvalue weighted by atomic mass is 10.2. The molecule has 0 rings (SSSR count). The Labute approximate surface area is 80.1 Å². The Bertz CT molecular complexity index is 134. The SMILES string of the molecule is CCCCCCOC(C)CC(=O)O. The first-order valence-electron chi connectivity index (χ1n) is 5.00. The van der Waals surface area contributed by atoms with Gasteiger partial charge in [0, 0.05) is 6.61 Å². The van der Waals surface area contributed by atoms with Crippen molar-refractivity contribution in [2.45, 2.75) is 52.1 Å². The maximum Gasteiger partial charge on any atom is 0.305 e. The minimum atomic E-state index is -0.791. The predicted molar refractivity (Wildman–Crippen MR) is 51.8 cm³/mol. The van der Waals surface area contributed by atoms with Crippen molar-refractivity contribution in [2.24, 2.45) is 0 Å². The summed E-state index contributed by atoms with van der Waals surface area (Å²) in [6.07, 6.45) is 4.61. The molecule has 0 aliphatic rings. The summed E-state index contributed by atoms with van der Waals surface area (Å²) in [5.41, 5.74) is 0. The molecule has 1 N–H and O–H groups in total. The fourth-order valence-electron chi connectivity index (χ4n) is 1.12. The van der Waals surface area contributed by atoms with Gasteiger partial charge in [0.15, 0.2) is 0 Å². The highest BCUT2D eigenvalue weighted by molar-refractivity contribution is 5.67. The van der Waals surface area contributed by atoms with Crippen LogP contribution >= 0.6 is 0 Å². The Morgan fingerprint density at radius 1 is 1.38 bits per heavy atom. The minimum absolute atomic E-state index is 0.105. The van der Waals surface area contributed by atoms with Gasteiger partial charge in [-0.2, -0.15) is 0 Å². The molecule has 0 bridgehead atoms. The van der Waals surface area contributed by atoms with Gasteiger partial charge in [-0.05, 0) is 13.3 Å². The van der Waals surface area contributed by atoms with Crippen LogP contribution in [0.15, 0.2) is 0 Å². The Morgan fingerprint density at radius 2 is 2.08 bits per heavy atom. The van der Waals surface area contributed by atoms with Crippen molar-refractivity contribution in [3.63, 3.8) is 0 Å². The van der Waals surface area contributed by atoms with Crippen molar-refractivity contribution in [3.8, 4) is 0 Å². The van der Waals surface area contributed by atoms with Crippen molar-refractivity contribution in [1.82, 2.24) is 0 Å². The van der Waals surface area contributed by atoms with Crippen LogP contribution in [-0.4, -0.2) is 23.8 Å². The summed E-state index contributed by atoms with van der Waals surface area (Å²) in [4.78, 5) is 10.3. The molecule has 0 aliphatic heterocycles. The number of ether oxygens (including phenoxy) is 1. The molecule has 0 aromatic heterocycles. The van der Waals surface area contributed by atoms with Gasteiger partial charge in [-0.3, -0.25) is 4.79 Å². The maximum atomic E-state index is 10.3. The van der Waals surface area contributed by atoms with Crippen LogP contribution in [0.1, 0.15) is 46.0 Å². The van der Waals surface area contributed by atoms with Gasteiger partial charge in [0.25, 0.3) is 0 Å². The van der Waals surface area contributed by atoms with E-state index < -0.39 is 5.97 Å². The Kier molecular flexibility index (Phi) is 7.69. The van der Waals surface area contributed by atoms with E-state index in [1.54, 1.807) is 6.92 Å². The van der Waals surface area contributed by atoms with Crippen LogP contribution in [0, 0.1) is 0 Å². The van der Waals surface area contributed by atoms with Gasteiger partial charge >= 0.3 is 5.97 Å². The number of rotatable bonds is 8. The normalized spacial score (nSPS) is 12.8. The Hall–Kier alpha value is -0.570. The number of unbranched alkanes of at least 4 members (excludes halogenated alkanes) is 3. The van der Waals surface area contributed by atoms with Gasteiger partial charge in [-0.15, -0.1) is 0 Å². The van der Waals surface area contributed by atoms with Crippen LogP contribution in [0.5, 0.6) is 0 Å². The molecule has 78 valence electrons. The standard InChI is InChI=1S/C10H20O3/c1-3-4-5-6-7-13-9(2)8-10(11)12/h9H,3-8H2,1-2H3,(H,11,12). The van der Waals surface area contributed by atoms with Gasteiger partial charge in [0.05, 0.1) is 12.5 Å². The lowest BCUT2D eigenvalue weighted by Gasteiger charge is -2.09. The zero-order valence-electron chi connectivity index (χ0n) is 8.58. The van der Waals surface area contributed by atoms with Gasteiger partial charge in [-0.25, -0.2) is 0 Å². The van der Waals surface area contributed by atoms with E-state index >= 15 is 0 Å². The smallest absolute Gasteiger partial charge is 0.305 e. The molecule has 0 amide bonds. The molecule has 1 atom stereocenters. The average molecular weight is 188 g/mol. The third kappa shape index (κ3) is 9.34. The Morgan fingerprint density at radius 3 is 2.62 bits per heavy atom. The lowest BCUT2D eigenvalue weighted by molar-refractivity contribution is -0.139. The summed E-state index contributed by atoms with van der Waals surface area (Å²) in [6, 6.07) is 0. The molecule has 3 nitrogen and oxygen atoms in total. The van der Waals surface area contributed by atoms with Crippen molar-refractivity contribution < 1.29 is 14.6 Å². The van der Waals surface area contributed by atoms with Crippen LogP contribution < -0.4 is 0 Å². The summed E-state index contributed by atoms with van der Waals surface area (Å²) in [5.74, 6) is -0.791. The van der Waals surface area contributed by atoms with Gasteiger partial charge in [0.2, 0.25) is 0 Å². The third-order valence-corrected chi connectivity index (χ3v) is 1.86. The summed E-state index contributed by atoms with van der Waals surface area (Å²) >= 11 is 0. The summed E-state index contributed by atoms with van der Waals surface area (Å²) in [7, 11) is 0. The van der Waals surface area contributed by atoms with E-state index in [0.717, 1.165) is 6.42 Å². The highest BCUT2D eigenvalue weighted by atomic mass is 16.5. The maximum absolute atomic E-state index is 10.3. The summed E-state index contributed by atoms with van der Waals surface area (Å²) in [6.45, 7) is 4.65. The number of aliphatic carboxylic acids is 1. The first kappa shape index (κ1) is 12.4. The number of carboxylic acid groups (broad SMARTS) is 1. The zero-order valence-corrected chi connectivity index (χ0v) is 8.58. The molecular formula is C10H20O3. The number of carboxylic acids is 1. The van der Waals surface area contributed by atoms with Crippen molar-refractivity contribution >= 4 is 5.97 Å². The molecule has 0 aromatic carbocycles. The molecule has 3 heteroatoms. The van der Waals surface area contributed by atoms with E-state index in [2.05, 4.69) is 6.92 Å². The van der Waals surface area contributed by atoms with Gasteiger partial charge in [0.1, 0.15) is 0 Å². The van der Waals surface area contributed by atoms with E-state index in [9.17, 15) is 4.79 Å². The molecule has 0 aromatic rings. The second kappa shape index (κ2) is 8.05. The fourth-order valence-corrected chi connectivity index (χ4v) is 1.12. The quantitative estimate of drug-likeness (QED) is 0.595. The van der Waals surface area contributed by atoms with Crippen molar-refractivity contribution in [3.05, 3.63) is 0 Å². The molecule has 0 spiro atoms. The fraction of sp³-hybridized carbons (Fsp3) is 0.900. The molecule has 0 radical (unpaired) electrons. The number of carbonyl (C=O) groups is 1. The van der Waals surface area contributed by atoms with Crippen LogP contribution in [0.4, 0.5) is 0 Å². The molecule has 13 heavy (non-hydrogen) atoms. The second-order valence-electron chi connectivity index (χ2n) is 3.34. The van der Waals surface area contributed by atoms with Crippen LogP contribution in [0.2, 0.25) is 0 Å². The zero-order chi connectivity index (χ0) is 10.1. The molecule has 0 saturated heterocycles. The van der Waals surface area contributed by atoms with Crippen molar-refractivity contribution in [2.75, 3.05) is 6.61 Å². The van der Waals surface area contributed by atoms with E-state index in [1.165, 1.54) is 19.3 Å². The van der Waals surface area contributed by atoms with Crippen molar-refractivity contribution in [1.29, 1.82) is 0 Å². The third-order valence-electron chi connectivity index (χ3n) is 1.86. The second-order valence-corrected chi connectivity index (χ2v) is 3.34. The van der Waals surface area contributed by atoms with E-state index in [1.807, 2.05) is 0 Å². The van der Waals surface area contributed by atoms with Crippen LogP contribution in [0.25, 0.3) is 0 Å².